The number of morpholine rings is 1. The highest BCUT2D eigenvalue weighted by Crippen LogP contribution is 2.42. The number of carbonyl (C=O) groups is 2. The predicted octanol–water partition coefficient (Wildman–Crippen LogP) is 4.08. The van der Waals surface area contributed by atoms with Crippen LogP contribution in [-0.2, 0) is 31.2 Å². The summed E-state index contributed by atoms with van der Waals surface area (Å²) < 4.78 is 19.2. The fraction of sp³-hybridized carbons (Fsp3) is 0.341. The summed E-state index contributed by atoms with van der Waals surface area (Å²) in [6.07, 6.45) is 6.06. The summed E-state index contributed by atoms with van der Waals surface area (Å²) in [5.41, 5.74) is 6.67. The Bertz CT molecular complexity index is 2360. The molecule has 4 aliphatic rings. The number of benzene rings is 2. The second kappa shape index (κ2) is 14.0. The van der Waals surface area contributed by atoms with Crippen LogP contribution < -0.4 is 25.0 Å². The molecule has 0 unspecified atom stereocenters. The van der Waals surface area contributed by atoms with E-state index in [2.05, 4.69) is 38.0 Å². The molecule has 0 bridgehead atoms. The molecule has 2 aromatic carbocycles. The summed E-state index contributed by atoms with van der Waals surface area (Å²) >= 11 is 0. The molecule has 7 heterocycles. The predicted molar refractivity (Wildman–Crippen MR) is 205 cm³/mol. The number of H-pyrrole nitrogens is 1. The Morgan fingerprint density at radius 3 is 2.45 bits per heavy atom. The average molecular weight is 743 g/mol. The van der Waals surface area contributed by atoms with Crippen molar-refractivity contribution < 1.29 is 23.8 Å². The van der Waals surface area contributed by atoms with Crippen LogP contribution in [0.5, 0.6) is 11.5 Å². The number of rotatable bonds is 7. The Balaban J connectivity index is 1.12. The van der Waals surface area contributed by atoms with Gasteiger partial charge in [0.15, 0.2) is 11.5 Å². The minimum atomic E-state index is -0.521. The van der Waals surface area contributed by atoms with E-state index in [1.807, 2.05) is 54.8 Å². The highest BCUT2D eigenvalue weighted by molar-refractivity contribution is 6.12. The van der Waals surface area contributed by atoms with Crippen molar-refractivity contribution in [2.75, 3.05) is 63.0 Å². The summed E-state index contributed by atoms with van der Waals surface area (Å²) in [5, 5.41) is 0. The highest BCUT2D eigenvalue weighted by atomic mass is 16.7. The van der Waals surface area contributed by atoms with Gasteiger partial charge in [-0.15, -0.1) is 0 Å². The van der Waals surface area contributed by atoms with Gasteiger partial charge < -0.3 is 33.6 Å². The molecule has 1 saturated heterocycles. The molecule has 1 fully saturated rings. The van der Waals surface area contributed by atoms with Crippen molar-refractivity contribution in [3.63, 3.8) is 0 Å². The molecule has 55 heavy (non-hydrogen) atoms. The highest BCUT2D eigenvalue weighted by Gasteiger charge is 2.35. The first kappa shape index (κ1) is 34.8. The van der Waals surface area contributed by atoms with Crippen LogP contribution in [0.15, 0.2) is 71.9 Å². The lowest BCUT2D eigenvalue weighted by molar-refractivity contribution is 0.0193. The van der Waals surface area contributed by atoms with Gasteiger partial charge in [0, 0.05) is 76.0 Å². The molecular weight excluding hydrogens is 701 g/mol. The maximum Gasteiger partial charge on any atom is 0.345 e. The lowest BCUT2D eigenvalue weighted by Crippen LogP contribution is -2.52. The largest absolute Gasteiger partial charge is 0.454 e. The quantitative estimate of drug-likeness (QED) is 0.260. The van der Waals surface area contributed by atoms with Crippen molar-refractivity contribution in [1.29, 1.82) is 0 Å². The number of nitrogens with zero attached hydrogens (tertiary/aromatic N) is 7. The molecule has 9 rings (SSSR count). The van der Waals surface area contributed by atoms with Gasteiger partial charge in [0.05, 0.1) is 48.1 Å². The summed E-state index contributed by atoms with van der Waals surface area (Å²) in [7, 11) is 3.88. The SMILES string of the molecule is Cc1c(C(=O)N(c2cnc(=O)[nH]c2)c2cnc3c(c2)CCN3C)cc(-c2cc3c(cc2C(=O)N2Cc4ccccc4C[C@H]2CN2CCOCC2)OCO3)n1C. The maximum absolute atomic E-state index is 15.1. The minimum Gasteiger partial charge on any atom is -0.454 e. The maximum atomic E-state index is 15.1. The number of fused-ring (bicyclic) bond motifs is 3. The Morgan fingerprint density at radius 2 is 1.67 bits per heavy atom. The van der Waals surface area contributed by atoms with Crippen molar-refractivity contribution >= 4 is 29.0 Å². The van der Waals surface area contributed by atoms with Gasteiger partial charge in [0.25, 0.3) is 11.8 Å². The number of carbonyl (C=O) groups excluding carboxylic acids is 2. The molecule has 14 heteroatoms. The van der Waals surface area contributed by atoms with E-state index in [1.54, 1.807) is 12.3 Å². The summed E-state index contributed by atoms with van der Waals surface area (Å²) in [4.78, 5) is 61.1. The van der Waals surface area contributed by atoms with E-state index in [-0.39, 0.29) is 24.6 Å². The van der Waals surface area contributed by atoms with Crippen LogP contribution in [0.25, 0.3) is 11.3 Å². The number of hydrogen-bond donors (Lipinski definition) is 1. The van der Waals surface area contributed by atoms with Gasteiger partial charge in [0.2, 0.25) is 6.79 Å². The minimum absolute atomic E-state index is 0.0475. The molecular formula is C41H42N8O6. The smallest absolute Gasteiger partial charge is 0.345 e. The molecule has 14 nitrogen and oxygen atoms in total. The number of aromatic nitrogens is 4. The number of hydrogen-bond acceptors (Lipinski definition) is 10. The average Bonchev–Trinajstić information content (AvgIpc) is 3.91. The molecule has 3 aromatic heterocycles. The zero-order valence-corrected chi connectivity index (χ0v) is 31.1. The standard InChI is InChI=1S/C41H42N8O6/c1-25-32(40(51)49(31-20-43-41(52)44-21-31)29-15-27-8-9-45(2)38(27)42-19-29)16-35(46(25)3)33-17-36-37(55-24-54-36)18-34(33)39(50)48-22-28-7-5-4-6-26(28)14-30(48)23-47-10-12-53-13-11-47/h4-7,15-21,30H,8-14,22-24H2,1-3H3,(H,43,44,52)/t30-/m0/s1. The van der Waals surface area contributed by atoms with Gasteiger partial charge >= 0.3 is 5.69 Å². The first-order valence-corrected chi connectivity index (χ1v) is 18.6. The van der Waals surface area contributed by atoms with Crippen LogP contribution in [0.4, 0.5) is 17.2 Å². The number of pyridine rings is 1. The van der Waals surface area contributed by atoms with Gasteiger partial charge in [-0.25, -0.2) is 9.78 Å². The fourth-order valence-corrected chi connectivity index (χ4v) is 8.23. The first-order valence-electron chi connectivity index (χ1n) is 18.6. The monoisotopic (exact) mass is 742 g/mol. The third-order valence-electron chi connectivity index (χ3n) is 11.4. The zero-order valence-electron chi connectivity index (χ0n) is 31.1. The number of nitrogens with one attached hydrogen (secondary N) is 1. The molecule has 1 N–H and O–H groups in total. The van der Waals surface area contributed by atoms with Crippen LogP contribution in [0.2, 0.25) is 0 Å². The van der Waals surface area contributed by atoms with Gasteiger partial charge in [-0.3, -0.25) is 19.4 Å². The Labute approximate surface area is 317 Å². The van der Waals surface area contributed by atoms with Crippen LogP contribution in [0.1, 0.15) is 43.1 Å². The van der Waals surface area contributed by atoms with E-state index in [9.17, 15) is 9.59 Å². The first-order chi connectivity index (χ1) is 26.7. The third-order valence-corrected chi connectivity index (χ3v) is 11.4. The van der Waals surface area contributed by atoms with Crippen molar-refractivity contribution in [3.05, 3.63) is 111 Å². The molecule has 0 radical (unpaired) electrons. The molecule has 4 aliphatic heterocycles. The number of aromatic amines is 1. The van der Waals surface area contributed by atoms with Crippen LogP contribution >= 0.6 is 0 Å². The number of anilines is 3. The molecule has 282 valence electrons. The Kier molecular flexibility index (Phi) is 8.86. The lowest BCUT2D eigenvalue weighted by atomic mass is 9.92. The van der Waals surface area contributed by atoms with Gasteiger partial charge in [-0.2, -0.15) is 4.98 Å². The number of amides is 2. The lowest BCUT2D eigenvalue weighted by Gasteiger charge is -2.40. The van der Waals surface area contributed by atoms with E-state index < -0.39 is 5.69 Å². The van der Waals surface area contributed by atoms with E-state index in [4.69, 9.17) is 19.2 Å². The van der Waals surface area contributed by atoms with E-state index in [0.29, 0.717) is 70.7 Å². The Hall–Kier alpha value is -5.99. The van der Waals surface area contributed by atoms with Crippen molar-refractivity contribution in [2.45, 2.75) is 32.4 Å². The summed E-state index contributed by atoms with van der Waals surface area (Å²) in [6, 6.07) is 15.7. The molecule has 0 spiro atoms. The second-order valence-electron chi connectivity index (χ2n) is 14.6. The number of likely N-dealkylation sites (N-methyl/N-ethyl adjacent to an activating group) is 1. The number of ether oxygens (including phenoxy) is 3. The second-order valence-corrected chi connectivity index (χ2v) is 14.6. The van der Waals surface area contributed by atoms with Crippen LogP contribution in [0.3, 0.4) is 0 Å². The summed E-state index contributed by atoms with van der Waals surface area (Å²) in [6.45, 7) is 6.95. The van der Waals surface area contributed by atoms with Crippen molar-refractivity contribution in [2.24, 2.45) is 7.05 Å². The van der Waals surface area contributed by atoms with Gasteiger partial charge in [-0.05, 0) is 60.7 Å². The summed E-state index contributed by atoms with van der Waals surface area (Å²) in [5.74, 6) is 1.44. The van der Waals surface area contributed by atoms with Crippen molar-refractivity contribution in [3.8, 4) is 22.8 Å². The van der Waals surface area contributed by atoms with E-state index in [1.165, 1.54) is 22.9 Å². The molecule has 2 amide bonds. The molecule has 1 atom stereocenters. The van der Waals surface area contributed by atoms with E-state index in [0.717, 1.165) is 56.0 Å². The van der Waals surface area contributed by atoms with E-state index >= 15 is 4.79 Å². The molecule has 0 aliphatic carbocycles. The molecule has 0 saturated carbocycles. The fourth-order valence-electron chi connectivity index (χ4n) is 8.23. The topological polar surface area (TPSA) is 138 Å². The zero-order chi connectivity index (χ0) is 37.8. The van der Waals surface area contributed by atoms with Crippen molar-refractivity contribution in [1.82, 2.24) is 29.3 Å². The Morgan fingerprint density at radius 1 is 0.909 bits per heavy atom. The van der Waals surface area contributed by atoms with Crippen LogP contribution in [0, 0.1) is 6.92 Å². The van der Waals surface area contributed by atoms with Crippen LogP contribution in [-0.4, -0.2) is 100 Å². The normalized spacial score (nSPS) is 17.6. The van der Waals surface area contributed by atoms with Gasteiger partial charge in [0.1, 0.15) is 5.82 Å². The molecule has 5 aromatic rings. The van der Waals surface area contributed by atoms with Gasteiger partial charge in [-0.1, -0.05) is 24.3 Å². The third kappa shape index (κ3) is 6.30.